The lowest BCUT2D eigenvalue weighted by Crippen LogP contribution is -2.69. The lowest BCUT2D eigenvalue weighted by atomic mass is 9.94. The largest absolute Gasteiger partial charge is 0.434 e. The third-order valence-corrected chi connectivity index (χ3v) is 8.00. The number of rotatable bonds is 4. The molecule has 8 nitrogen and oxygen atoms in total. The van der Waals surface area contributed by atoms with Crippen LogP contribution in [0.15, 0.2) is 42.7 Å². The van der Waals surface area contributed by atoms with Crippen molar-refractivity contribution in [1.82, 2.24) is 19.5 Å². The molecular formula is C27H19F6N5O3. The molecular weight excluding hydrogens is 556 g/mol. The first-order chi connectivity index (χ1) is 19.4. The molecule has 1 aliphatic carbocycles. The highest BCUT2D eigenvalue weighted by Gasteiger charge is 2.61. The highest BCUT2D eigenvalue weighted by molar-refractivity contribution is 6.00. The molecule has 0 saturated carbocycles. The second-order valence-electron chi connectivity index (χ2n) is 10.5. The predicted octanol–water partition coefficient (Wildman–Crippen LogP) is 5.01. The summed E-state index contributed by atoms with van der Waals surface area (Å²) in [7, 11) is 0. The van der Waals surface area contributed by atoms with Crippen LogP contribution < -0.4 is 9.64 Å². The molecule has 4 aromatic rings. The fourth-order valence-electron chi connectivity index (χ4n) is 6.07. The minimum Gasteiger partial charge on any atom is -0.434 e. The maximum atomic E-state index is 15.3. The Bertz CT molecular complexity index is 1720. The summed E-state index contributed by atoms with van der Waals surface area (Å²) in [5.41, 5.74) is -1.08. The number of β-amino-alcohol motifs (C(OH)–C–C–N with tert-alkyl or cyclic N) is 1. The number of alkyl halides is 5. The summed E-state index contributed by atoms with van der Waals surface area (Å²) in [6.07, 6.45) is -1.72. The van der Waals surface area contributed by atoms with Gasteiger partial charge in [-0.25, -0.2) is 19.3 Å². The number of hydrogen-bond donors (Lipinski definition) is 1. The molecule has 7 rings (SSSR count). The maximum Gasteiger partial charge on any atom is 0.420 e. The van der Waals surface area contributed by atoms with Gasteiger partial charge in [0, 0.05) is 53.1 Å². The molecule has 2 aromatic heterocycles. The average Bonchev–Trinajstić information content (AvgIpc) is 3.37. The van der Waals surface area contributed by atoms with Gasteiger partial charge in [0.05, 0.1) is 30.2 Å². The molecule has 0 radical (unpaired) electrons. The van der Waals surface area contributed by atoms with Gasteiger partial charge in [0.1, 0.15) is 17.4 Å². The van der Waals surface area contributed by atoms with Crippen LogP contribution in [-0.2, 0) is 0 Å². The van der Waals surface area contributed by atoms with Crippen LogP contribution in [0, 0.1) is 5.82 Å². The molecule has 41 heavy (non-hydrogen) atoms. The van der Waals surface area contributed by atoms with Crippen LogP contribution in [0.5, 0.6) is 5.75 Å². The molecule has 3 aliphatic rings. The van der Waals surface area contributed by atoms with E-state index in [0.29, 0.717) is 28.8 Å². The van der Waals surface area contributed by atoms with E-state index in [1.165, 1.54) is 36.7 Å². The molecule has 1 saturated heterocycles. The number of fused-ring (bicyclic) bond motifs is 9. The summed E-state index contributed by atoms with van der Waals surface area (Å²) in [5, 5.41) is 9.68. The van der Waals surface area contributed by atoms with Gasteiger partial charge < -0.3 is 19.3 Å². The summed E-state index contributed by atoms with van der Waals surface area (Å²) in [5.74, 6) is -0.803. The van der Waals surface area contributed by atoms with Gasteiger partial charge in [-0.15, -0.1) is 0 Å². The van der Waals surface area contributed by atoms with E-state index >= 15 is 4.39 Å². The SMILES string of the molecule is O=C1C[C@H]2C[C@H](c3c(OC(F)F)cccc31)n1c2nc2cc(F)c(-c3cnc(N4CC(O)(C(F)(F)F)C4)nc3)cc21. The molecule has 2 aliphatic heterocycles. The summed E-state index contributed by atoms with van der Waals surface area (Å²) < 4.78 is 87.3. The van der Waals surface area contributed by atoms with Crippen molar-refractivity contribution in [2.45, 2.75) is 43.2 Å². The molecule has 0 unspecified atom stereocenters. The van der Waals surface area contributed by atoms with Crippen LogP contribution in [0.4, 0.5) is 32.3 Å². The zero-order valence-electron chi connectivity index (χ0n) is 20.9. The van der Waals surface area contributed by atoms with Gasteiger partial charge in [-0.2, -0.15) is 22.0 Å². The number of benzene rings is 2. The molecule has 1 fully saturated rings. The van der Waals surface area contributed by atoms with Crippen molar-refractivity contribution in [2.24, 2.45) is 0 Å². The van der Waals surface area contributed by atoms with Gasteiger partial charge in [-0.05, 0) is 18.6 Å². The zero-order valence-corrected chi connectivity index (χ0v) is 20.9. The van der Waals surface area contributed by atoms with Gasteiger partial charge >= 0.3 is 12.8 Å². The highest BCUT2D eigenvalue weighted by atomic mass is 19.4. The van der Waals surface area contributed by atoms with Gasteiger partial charge in [-0.3, -0.25) is 4.79 Å². The third-order valence-electron chi connectivity index (χ3n) is 8.00. The predicted molar refractivity (Wildman–Crippen MR) is 131 cm³/mol. The van der Waals surface area contributed by atoms with Crippen LogP contribution in [0.2, 0.25) is 0 Å². The topological polar surface area (TPSA) is 93.4 Å². The molecule has 14 heteroatoms. The van der Waals surface area contributed by atoms with Crippen molar-refractivity contribution in [3.63, 3.8) is 0 Å². The maximum absolute atomic E-state index is 15.3. The fraction of sp³-hybridized carbons (Fsp3) is 0.333. The van der Waals surface area contributed by atoms with E-state index in [-0.39, 0.29) is 46.5 Å². The number of ether oxygens (including phenoxy) is 1. The Kier molecular flexibility index (Phi) is 5.43. The van der Waals surface area contributed by atoms with Crippen molar-refractivity contribution >= 4 is 22.8 Å². The monoisotopic (exact) mass is 575 g/mol. The second-order valence-corrected chi connectivity index (χ2v) is 10.5. The summed E-state index contributed by atoms with van der Waals surface area (Å²) in [6, 6.07) is 6.63. The number of anilines is 1. The number of aromatic nitrogens is 4. The number of hydrogen-bond acceptors (Lipinski definition) is 7. The van der Waals surface area contributed by atoms with E-state index in [0.717, 1.165) is 4.90 Å². The number of imidazole rings is 1. The van der Waals surface area contributed by atoms with Crippen molar-refractivity contribution in [3.05, 3.63) is 65.5 Å². The molecule has 4 heterocycles. The fourth-order valence-corrected chi connectivity index (χ4v) is 6.07. The smallest absolute Gasteiger partial charge is 0.420 e. The van der Waals surface area contributed by atoms with Crippen LogP contribution in [0.25, 0.3) is 22.2 Å². The van der Waals surface area contributed by atoms with E-state index in [1.807, 2.05) is 4.57 Å². The number of halogens is 6. The first-order valence-corrected chi connectivity index (χ1v) is 12.6. The Labute approximate surface area is 227 Å². The summed E-state index contributed by atoms with van der Waals surface area (Å²) in [4.78, 5) is 26.9. The normalized spacial score (nSPS) is 21.1. The van der Waals surface area contributed by atoms with E-state index in [2.05, 4.69) is 15.0 Å². The summed E-state index contributed by atoms with van der Waals surface area (Å²) in [6.45, 7) is -4.54. The van der Waals surface area contributed by atoms with Crippen LogP contribution in [0.1, 0.15) is 46.5 Å². The minimum atomic E-state index is -4.79. The molecule has 2 aromatic carbocycles. The minimum absolute atomic E-state index is 0.0488. The van der Waals surface area contributed by atoms with Crippen molar-refractivity contribution in [2.75, 3.05) is 18.0 Å². The Morgan fingerprint density at radius 3 is 2.51 bits per heavy atom. The Morgan fingerprint density at radius 1 is 1.10 bits per heavy atom. The van der Waals surface area contributed by atoms with Crippen LogP contribution in [-0.4, -0.2) is 61.9 Å². The lowest BCUT2D eigenvalue weighted by Gasteiger charge is -2.46. The second kappa shape index (κ2) is 8.65. The third kappa shape index (κ3) is 3.87. The van der Waals surface area contributed by atoms with E-state index in [4.69, 9.17) is 4.74 Å². The van der Waals surface area contributed by atoms with E-state index < -0.39 is 43.3 Å². The molecule has 0 spiro atoms. The molecule has 0 amide bonds. The van der Waals surface area contributed by atoms with Crippen LogP contribution >= 0.6 is 0 Å². The molecule has 1 N–H and O–H groups in total. The van der Waals surface area contributed by atoms with E-state index in [9.17, 15) is 31.9 Å². The van der Waals surface area contributed by atoms with Gasteiger partial charge in [0.2, 0.25) is 5.95 Å². The Morgan fingerprint density at radius 2 is 1.83 bits per heavy atom. The van der Waals surface area contributed by atoms with Gasteiger partial charge in [-0.1, -0.05) is 12.1 Å². The first-order valence-electron chi connectivity index (χ1n) is 12.6. The number of carbonyl (C=O) groups is 1. The van der Waals surface area contributed by atoms with E-state index in [1.54, 1.807) is 6.07 Å². The molecule has 2 atom stereocenters. The molecule has 2 bridgehead atoms. The number of carbonyl (C=O) groups excluding carboxylic acids is 1. The zero-order chi connectivity index (χ0) is 28.8. The molecule has 212 valence electrons. The standard InChI is InChI=1S/C27H19F6N5O3/c28-16-7-17-18(6-15(16)13-8-34-25(35-9-13)37-10-26(40,11-37)27(31,32)33)38-19-4-12(23(38)36-17)5-20(39)14-2-1-3-21(22(14)19)41-24(29)30/h1-3,6-9,12,19,24,40H,4-5,10-11H2/t12-,19-/m1/s1. The van der Waals surface area contributed by atoms with Crippen molar-refractivity contribution in [1.29, 1.82) is 0 Å². The Hall–Kier alpha value is -4.20. The quantitative estimate of drug-likeness (QED) is 0.342. The van der Waals surface area contributed by atoms with Crippen molar-refractivity contribution < 1.29 is 41.0 Å². The van der Waals surface area contributed by atoms with Crippen molar-refractivity contribution in [3.8, 4) is 16.9 Å². The number of aliphatic hydroxyl groups is 1. The number of Topliss-reactive ketones (excluding diaryl/α,β-unsaturated/α-hetero) is 1. The highest BCUT2D eigenvalue weighted by Crippen LogP contribution is 2.50. The lowest BCUT2D eigenvalue weighted by molar-refractivity contribution is -0.267. The number of nitrogens with zero attached hydrogens (tertiary/aromatic N) is 5. The first kappa shape index (κ1) is 25.7. The average molecular weight is 575 g/mol. The summed E-state index contributed by atoms with van der Waals surface area (Å²) >= 11 is 0. The van der Waals surface area contributed by atoms with Crippen LogP contribution in [0.3, 0.4) is 0 Å². The number of ketones is 1. The van der Waals surface area contributed by atoms with Gasteiger partial charge in [0.25, 0.3) is 0 Å². The Balaban J connectivity index is 1.27. The van der Waals surface area contributed by atoms with Gasteiger partial charge in [0.15, 0.2) is 11.4 Å².